The Kier molecular flexibility index (Phi) is 8.98. The number of fused-ring (bicyclic) bond motifs is 1. The minimum atomic E-state index is -0.652. The molecule has 0 saturated carbocycles. The van der Waals surface area contributed by atoms with Crippen molar-refractivity contribution in [2.45, 2.75) is 78.0 Å². The maximum Gasteiger partial charge on any atom is 0.408 e. The van der Waals surface area contributed by atoms with Crippen molar-refractivity contribution >= 4 is 12.0 Å². The first-order valence-electron chi connectivity index (χ1n) is 11.0. The van der Waals surface area contributed by atoms with E-state index in [1.54, 1.807) is 25.7 Å². The van der Waals surface area contributed by atoms with E-state index in [0.29, 0.717) is 25.9 Å². The molecule has 3 N–H and O–H groups in total. The topological polar surface area (TPSA) is 103 Å². The Morgan fingerprint density at radius 1 is 1.23 bits per heavy atom. The summed E-state index contributed by atoms with van der Waals surface area (Å²) in [6, 6.07) is 5.12. The van der Waals surface area contributed by atoms with Crippen molar-refractivity contribution in [3.8, 4) is 11.5 Å². The van der Waals surface area contributed by atoms with Crippen LogP contribution < -0.4 is 20.5 Å². The van der Waals surface area contributed by atoms with Crippen LogP contribution in [0.2, 0.25) is 0 Å². The van der Waals surface area contributed by atoms with E-state index < -0.39 is 17.7 Å². The molecule has 174 valence electrons. The lowest BCUT2D eigenvalue weighted by atomic mass is 10.0. The van der Waals surface area contributed by atoms with Gasteiger partial charge in [0, 0.05) is 12.6 Å². The molecule has 0 radical (unpaired) electrons. The quantitative estimate of drug-likeness (QED) is 0.547. The molecule has 0 aliphatic carbocycles. The van der Waals surface area contributed by atoms with Crippen LogP contribution in [-0.2, 0) is 16.0 Å². The van der Waals surface area contributed by atoms with Crippen molar-refractivity contribution in [2.75, 3.05) is 19.9 Å². The summed E-state index contributed by atoms with van der Waals surface area (Å²) in [6.07, 6.45) is 2.13. The molecule has 1 aromatic rings. The van der Waals surface area contributed by atoms with E-state index >= 15 is 0 Å². The summed E-state index contributed by atoms with van der Waals surface area (Å²) in [4.78, 5) is 27.5. The number of hydrogen-bond acceptors (Lipinski definition) is 6. The van der Waals surface area contributed by atoms with Crippen LogP contribution in [0.3, 0.4) is 0 Å². The van der Waals surface area contributed by atoms with Gasteiger partial charge in [-0.1, -0.05) is 6.07 Å². The number of unbranched alkanes of at least 4 members (excludes halogenated alkanes) is 1. The summed E-state index contributed by atoms with van der Waals surface area (Å²) in [5.41, 5.74) is 6.03. The maximum atomic E-state index is 13.4. The molecule has 0 aromatic heterocycles. The lowest BCUT2D eigenvalue weighted by Crippen LogP contribution is -2.52. The van der Waals surface area contributed by atoms with E-state index in [1.807, 2.05) is 32.0 Å². The predicted molar refractivity (Wildman–Crippen MR) is 119 cm³/mol. The Labute approximate surface area is 185 Å². The normalized spacial score (nSPS) is 14.6. The smallest absolute Gasteiger partial charge is 0.408 e. The van der Waals surface area contributed by atoms with E-state index in [0.717, 1.165) is 29.9 Å². The summed E-state index contributed by atoms with van der Waals surface area (Å²) in [5.74, 6) is 1.35. The monoisotopic (exact) mass is 435 g/mol. The molecule has 8 nitrogen and oxygen atoms in total. The zero-order valence-corrected chi connectivity index (χ0v) is 19.4. The summed E-state index contributed by atoms with van der Waals surface area (Å²) >= 11 is 0. The zero-order chi connectivity index (χ0) is 23.0. The van der Waals surface area contributed by atoms with E-state index in [4.69, 9.17) is 19.9 Å². The van der Waals surface area contributed by atoms with Gasteiger partial charge < -0.3 is 30.2 Å². The number of nitrogens with two attached hydrogens (primary N) is 1. The van der Waals surface area contributed by atoms with Crippen molar-refractivity contribution in [3.05, 3.63) is 23.8 Å². The first-order chi connectivity index (χ1) is 14.6. The molecule has 1 aliphatic rings. The molecule has 1 aromatic carbocycles. The third-order valence-corrected chi connectivity index (χ3v) is 5.06. The van der Waals surface area contributed by atoms with Gasteiger partial charge in [0.05, 0.1) is 0 Å². The molecule has 0 saturated heterocycles. The number of carbonyl (C=O) groups excluding carboxylic acids is 2. The van der Waals surface area contributed by atoms with Crippen molar-refractivity contribution in [1.29, 1.82) is 0 Å². The van der Waals surface area contributed by atoms with Gasteiger partial charge >= 0.3 is 6.09 Å². The van der Waals surface area contributed by atoms with E-state index in [9.17, 15) is 9.59 Å². The highest BCUT2D eigenvalue weighted by atomic mass is 16.7. The minimum Gasteiger partial charge on any atom is -0.454 e. The number of nitrogens with one attached hydrogen (secondary N) is 1. The van der Waals surface area contributed by atoms with Crippen molar-refractivity contribution in [3.63, 3.8) is 0 Å². The molecule has 2 rings (SSSR count). The number of rotatable bonds is 10. The standard InChI is InChI=1S/C23H37N3O5/c1-6-26(16(2)13-17-10-11-19-20(14-17)30-15-29-19)21(27)18(9-7-8-12-24)25-22(28)31-23(3,4)5/h10-11,14,16,18H,6-9,12-13,15,24H2,1-5H3,(H,25,28)/t16?,18-/m0/s1. The minimum absolute atomic E-state index is 0.0599. The van der Waals surface area contributed by atoms with E-state index in [2.05, 4.69) is 5.32 Å². The number of amides is 2. The Bertz CT molecular complexity index is 747. The van der Waals surface area contributed by atoms with Crippen LogP contribution in [0.5, 0.6) is 11.5 Å². The van der Waals surface area contributed by atoms with E-state index in [-0.39, 0.29) is 18.7 Å². The number of likely N-dealkylation sites (N-methyl/N-ethyl adjacent to an activating group) is 1. The van der Waals surface area contributed by atoms with Crippen LogP contribution in [0.1, 0.15) is 59.4 Å². The summed E-state index contributed by atoms with van der Waals surface area (Å²) < 4.78 is 16.2. The third kappa shape index (κ3) is 7.61. The molecule has 0 spiro atoms. The zero-order valence-electron chi connectivity index (χ0n) is 19.4. The first-order valence-corrected chi connectivity index (χ1v) is 11.0. The highest BCUT2D eigenvalue weighted by molar-refractivity contribution is 5.86. The van der Waals surface area contributed by atoms with Gasteiger partial charge in [-0.05, 0) is 84.5 Å². The first kappa shape index (κ1) is 24.8. The van der Waals surface area contributed by atoms with Gasteiger partial charge in [-0.15, -0.1) is 0 Å². The van der Waals surface area contributed by atoms with Crippen LogP contribution >= 0.6 is 0 Å². The molecule has 1 heterocycles. The third-order valence-electron chi connectivity index (χ3n) is 5.06. The summed E-state index contributed by atoms with van der Waals surface area (Å²) in [7, 11) is 0. The summed E-state index contributed by atoms with van der Waals surface area (Å²) in [5, 5.41) is 2.77. The molecule has 1 unspecified atom stereocenters. The van der Waals surface area contributed by atoms with Crippen molar-refractivity contribution < 1.29 is 23.8 Å². The number of nitrogens with zero attached hydrogens (tertiary/aromatic N) is 1. The largest absolute Gasteiger partial charge is 0.454 e. The maximum absolute atomic E-state index is 13.4. The van der Waals surface area contributed by atoms with Crippen LogP contribution in [0.25, 0.3) is 0 Å². The van der Waals surface area contributed by atoms with Gasteiger partial charge in [-0.2, -0.15) is 0 Å². The Balaban J connectivity index is 2.08. The Morgan fingerprint density at radius 2 is 1.94 bits per heavy atom. The number of benzene rings is 1. The number of carbonyl (C=O) groups is 2. The van der Waals surface area contributed by atoms with Gasteiger partial charge in [0.25, 0.3) is 0 Å². The SMILES string of the molecule is CCN(C(=O)[C@H](CCCCN)NC(=O)OC(C)(C)C)C(C)Cc1ccc2c(c1)OCO2. The number of alkyl carbamates (subject to hydrolysis) is 1. The van der Waals surface area contributed by atoms with Gasteiger partial charge in [0.15, 0.2) is 11.5 Å². The molecule has 0 bridgehead atoms. The van der Waals surface area contributed by atoms with Crippen LogP contribution in [0.4, 0.5) is 4.79 Å². The Morgan fingerprint density at radius 3 is 2.58 bits per heavy atom. The number of hydrogen-bond donors (Lipinski definition) is 2. The van der Waals surface area contributed by atoms with Gasteiger partial charge in [-0.3, -0.25) is 4.79 Å². The van der Waals surface area contributed by atoms with E-state index in [1.165, 1.54) is 0 Å². The fourth-order valence-corrected chi connectivity index (χ4v) is 3.60. The summed E-state index contributed by atoms with van der Waals surface area (Å²) in [6.45, 7) is 10.7. The molecule has 8 heteroatoms. The van der Waals surface area contributed by atoms with Crippen molar-refractivity contribution in [2.24, 2.45) is 5.73 Å². The molecule has 2 atom stereocenters. The lowest BCUT2D eigenvalue weighted by molar-refractivity contribution is -0.135. The average Bonchev–Trinajstić information content (AvgIpc) is 3.14. The second-order valence-corrected chi connectivity index (χ2v) is 8.85. The second kappa shape index (κ2) is 11.2. The average molecular weight is 436 g/mol. The molecule has 31 heavy (non-hydrogen) atoms. The van der Waals surface area contributed by atoms with Crippen LogP contribution in [0.15, 0.2) is 18.2 Å². The fourth-order valence-electron chi connectivity index (χ4n) is 3.60. The predicted octanol–water partition coefficient (Wildman–Crippen LogP) is 3.22. The van der Waals surface area contributed by atoms with Gasteiger partial charge in [-0.25, -0.2) is 4.79 Å². The lowest BCUT2D eigenvalue weighted by Gasteiger charge is -2.32. The Hall–Kier alpha value is -2.48. The fraction of sp³-hybridized carbons (Fsp3) is 0.652. The van der Waals surface area contributed by atoms with Crippen LogP contribution in [0, 0.1) is 0 Å². The molecule has 2 amide bonds. The molecule has 1 aliphatic heterocycles. The highest BCUT2D eigenvalue weighted by Gasteiger charge is 2.29. The van der Waals surface area contributed by atoms with Crippen LogP contribution in [-0.4, -0.2) is 54.5 Å². The van der Waals surface area contributed by atoms with Crippen molar-refractivity contribution in [1.82, 2.24) is 10.2 Å². The molecule has 0 fully saturated rings. The second-order valence-electron chi connectivity index (χ2n) is 8.85. The molecular formula is C23H37N3O5. The highest BCUT2D eigenvalue weighted by Crippen LogP contribution is 2.33. The number of ether oxygens (including phenoxy) is 3. The van der Waals surface area contributed by atoms with Gasteiger partial charge in [0.1, 0.15) is 11.6 Å². The molecular weight excluding hydrogens is 398 g/mol. The van der Waals surface area contributed by atoms with Gasteiger partial charge in [0.2, 0.25) is 12.7 Å².